The van der Waals surface area contributed by atoms with Crippen molar-refractivity contribution in [2.24, 2.45) is 0 Å². The Hall–Kier alpha value is -1.52. The van der Waals surface area contributed by atoms with Crippen molar-refractivity contribution in [2.75, 3.05) is 24.3 Å². The number of hydrogen-bond donors (Lipinski definition) is 1. The zero-order valence-corrected chi connectivity index (χ0v) is 14.4. The van der Waals surface area contributed by atoms with Crippen LogP contribution in [0.5, 0.6) is 0 Å². The molecule has 2 rings (SSSR count). The highest BCUT2D eigenvalue weighted by molar-refractivity contribution is 9.10. The Kier molecular flexibility index (Phi) is 4.91. The maximum absolute atomic E-state index is 12.3. The van der Waals surface area contributed by atoms with Crippen molar-refractivity contribution >= 4 is 44.8 Å². The molecule has 0 radical (unpaired) electrons. The predicted octanol–water partition coefficient (Wildman–Crippen LogP) is 4.73. The molecule has 5 heteroatoms. The van der Waals surface area contributed by atoms with E-state index in [4.69, 9.17) is 11.6 Å². The minimum Gasteiger partial charge on any atom is -0.377 e. The van der Waals surface area contributed by atoms with Gasteiger partial charge >= 0.3 is 0 Å². The van der Waals surface area contributed by atoms with Gasteiger partial charge in [0.15, 0.2) is 0 Å². The van der Waals surface area contributed by atoms with Crippen LogP contribution in [0.15, 0.2) is 40.9 Å². The molecule has 0 aromatic heterocycles. The fourth-order valence-corrected chi connectivity index (χ4v) is 2.92. The van der Waals surface area contributed by atoms with Gasteiger partial charge in [-0.15, -0.1) is 0 Å². The summed E-state index contributed by atoms with van der Waals surface area (Å²) in [7, 11) is 3.95. The number of halogens is 2. The minimum absolute atomic E-state index is 0.188. The first-order valence-electron chi connectivity index (χ1n) is 6.42. The van der Waals surface area contributed by atoms with Gasteiger partial charge in [-0.2, -0.15) is 0 Å². The third kappa shape index (κ3) is 3.99. The average Bonchev–Trinajstić information content (AvgIpc) is 2.39. The van der Waals surface area contributed by atoms with Crippen molar-refractivity contribution in [2.45, 2.75) is 6.92 Å². The number of benzene rings is 2. The van der Waals surface area contributed by atoms with Crippen molar-refractivity contribution in [3.63, 3.8) is 0 Å². The first-order chi connectivity index (χ1) is 9.86. The minimum atomic E-state index is -0.188. The highest BCUT2D eigenvalue weighted by Crippen LogP contribution is 2.24. The Morgan fingerprint density at radius 3 is 2.52 bits per heavy atom. The molecule has 2 aromatic carbocycles. The van der Waals surface area contributed by atoms with Crippen molar-refractivity contribution in [1.82, 2.24) is 0 Å². The van der Waals surface area contributed by atoms with Gasteiger partial charge in [0.2, 0.25) is 0 Å². The zero-order valence-electron chi connectivity index (χ0n) is 12.1. The molecule has 1 amide bonds. The smallest absolute Gasteiger partial charge is 0.255 e. The molecule has 0 heterocycles. The molecule has 0 spiro atoms. The van der Waals surface area contributed by atoms with Gasteiger partial charge in [0.1, 0.15) is 0 Å². The number of carbonyl (C=O) groups is 1. The number of hydrogen-bond acceptors (Lipinski definition) is 2. The standard InChI is InChI=1S/C16H16BrClN2O/c1-10-4-5-14(9-15(10)20(2)3)19-16(21)11-6-12(17)8-13(18)7-11/h4-9H,1-3H3,(H,19,21). The summed E-state index contributed by atoms with van der Waals surface area (Å²) in [4.78, 5) is 14.3. The van der Waals surface area contributed by atoms with Gasteiger partial charge < -0.3 is 10.2 Å². The highest BCUT2D eigenvalue weighted by atomic mass is 79.9. The van der Waals surface area contributed by atoms with Gasteiger partial charge in [0, 0.05) is 40.5 Å². The number of nitrogens with one attached hydrogen (secondary N) is 1. The van der Waals surface area contributed by atoms with E-state index in [2.05, 4.69) is 21.2 Å². The van der Waals surface area contributed by atoms with Crippen molar-refractivity contribution in [3.8, 4) is 0 Å². The van der Waals surface area contributed by atoms with E-state index in [1.54, 1.807) is 18.2 Å². The first-order valence-corrected chi connectivity index (χ1v) is 7.59. The Labute approximate surface area is 138 Å². The van der Waals surface area contributed by atoms with E-state index in [1.807, 2.05) is 44.1 Å². The van der Waals surface area contributed by atoms with Crippen LogP contribution in [0.3, 0.4) is 0 Å². The summed E-state index contributed by atoms with van der Waals surface area (Å²) in [5, 5.41) is 3.41. The Morgan fingerprint density at radius 1 is 1.19 bits per heavy atom. The normalized spacial score (nSPS) is 10.3. The summed E-state index contributed by atoms with van der Waals surface area (Å²) in [6.45, 7) is 2.04. The van der Waals surface area contributed by atoms with Gasteiger partial charge in [-0.1, -0.05) is 33.6 Å². The topological polar surface area (TPSA) is 32.3 Å². The van der Waals surface area contributed by atoms with Crippen LogP contribution in [0, 0.1) is 6.92 Å². The quantitative estimate of drug-likeness (QED) is 0.850. The summed E-state index contributed by atoms with van der Waals surface area (Å²) in [6.07, 6.45) is 0. The lowest BCUT2D eigenvalue weighted by Crippen LogP contribution is -2.14. The van der Waals surface area contributed by atoms with Crippen molar-refractivity contribution in [1.29, 1.82) is 0 Å². The lowest BCUT2D eigenvalue weighted by atomic mass is 10.1. The zero-order chi connectivity index (χ0) is 15.6. The number of rotatable bonds is 3. The molecule has 3 nitrogen and oxygen atoms in total. The second-order valence-corrected chi connectivity index (χ2v) is 6.36. The van der Waals surface area contributed by atoms with E-state index >= 15 is 0 Å². The van der Waals surface area contributed by atoms with Crippen LogP contribution in [0.25, 0.3) is 0 Å². The fourth-order valence-electron chi connectivity index (χ4n) is 2.06. The van der Waals surface area contributed by atoms with Crippen LogP contribution in [-0.4, -0.2) is 20.0 Å². The molecule has 0 atom stereocenters. The van der Waals surface area contributed by atoms with E-state index in [0.717, 1.165) is 21.4 Å². The van der Waals surface area contributed by atoms with Crippen LogP contribution >= 0.6 is 27.5 Å². The fraction of sp³-hybridized carbons (Fsp3) is 0.188. The molecule has 110 valence electrons. The first kappa shape index (κ1) is 15.9. The van der Waals surface area contributed by atoms with E-state index < -0.39 is 0 Å². The summed E-state index contributed by atoms with van der Waals surface area (Å²) >= 11 is 9.30. The highest BCUT2D eigenvalue weighted by Gasteiger charge is 2.10. The van der Waals surface area contributed by atoms with Crippen LogP contribution in [0.2, 0.25) is 5.02 Å². The molecule has 0 unspecified atom stereocenters. The van der Waals surface area contributed by atoms with Crippen LogP contribution in [-0.2, 0) is 0 Å². The number of anilines is 2. The second kappa shape index (κ2) is 6.50. The summed E-state index contributed by atoms with van der Waals surface area (Å²) in [5.74, 6) is -0.188. The number of nitrogens with zero attached hydrogens (tertiary/aromatic N) is 1. The number of amides is 1. The third-order valence-corrected chi connectivity index (χ3v) is 3.75. The molecule has 0 saturated heterocycles. The van der Waals surface area contributed by atoms with Crippen LogP contribution in [0.1, 0.15) is 15.9 Å². The molecule has 0 saturated carbocycles. The molecule has 21 heavy (non-hydrogen) atoms. The summed E-state index contributed by atoms with van der Waals surface area (Å²) in [5.41, 5.74) is 3.50. The molecule has 0 aliphatic rings. The van der Waals surface area contributed by atoms with Crippen molar-refractivity contribution in [3.05, 3.63) is 57.0 Å². The Balaban J connectivity index is 2.25. The maximum atomic E-state index is 12.3. The monoisotopic (exact) mass is 366 g/mol. The molecule has 1 N–H and O–H groups in total. The SMILES string of the molecule is Cc1ccc(NC(=O)c2cc(Cl)cc(Br)c2)cc1N(C)C. The lowest BCUT2D eigenvalue weighted by molar-refractivity contribution is 0.102. The van der Waals surface area contributed by atoms with E-state index in [9.17, 15) is 4.79 Å². The molecule has 0 fully saturated rings. The van der Waals surface area contributed by atoms with E-state index in [-0.39, 0.29) is 5.91 Å². The van der Waals surface area contributed by atoms with E-state index in [1.165, 1.54) is 0 Å². The van der Waals surface area contributed by atoms with Gasteiger partial charge in [0.25, 0.3) is 5.91 Å². The molecule has 0 aliphatic carbocycles. The summed E-state index contributed by atoms with van der Waals surface area (Å²) < 4.78 is 0.776. The number of carbonyl (C=O) groups excluding carboxylic acids is 1. The molecular weight excluding hydrogens is 352 g/mol. The third-order valence-electron chi connectivity index (χ3n) is 3.07. The largest absolute Gasteiger partial charge is 0.377 e. The van der Waals surface area contributed by atoms with Gasteiger partial charge in [-0.3, -0.25) is 4.79 Å². The van der Waals surface area contributed by atoms with Gasteiger partial charge in [-0.05, 0) is 42.8 Å². The van der Waals surface area contributed by atoms with Crippen LogP contribution < -0.4 is 10.2 Å². The van der Waals surface area contributed by atoms with E-state index in [0.29, 0.717) is 10.6 Å². The predicted molar refractivity (Wildman–Crippen MR) is 92.6 cm³/mol. The van der Waals surface area contributed by atoms with Gasteiger partial charge in [0.05, 0.1) is 0 Å². The lowest BCUT2D eigenvalue weighted by Gasteiger charge is -2.17. The van der Waals surface area contributed by atoms with Crippen LogP contribution in [0.4, 0.5) is 11.4 Å². The van der Waals surface area contributed by atoms with Crippen molar-refractivity contribution < 1.29 is 4.79 Å². The maximum Gasteiger partial charge on any atom is 0.255 e. The number of aryl methyl sites for hydroxylation is 1. The van der Waals surface area contributed by atoms with Gasteiger partial charge in [-0.25, -0.2) is 0 Å². The molecule has 0 aliphatic heterocycles. The Bertz CT molecular complexity index is 666. The molecule has 0 bridgehead atoms. The molecular formula is C16H16BrClN2O. The molecule has 2 aromatic rings. The second-order valence-electron chi connectivity index (χ2n) is 5.01. The summed E-state index contributed by atoms with van der Waals surface area (Å²) in [6, 6.07) is 10.9. The Morgan fingerprint density at radius 2 is 1.90 bits per heavy atom. The average molecular weight is 368 g/mol.